The van der Waals surface area contributed by atoms with Crippen LogP contribution in [0.3, 0.4) is 0 Å². The summed E-state index contributed by atoms with van der Waals surface area (Å²) in [7, 11) is 3.81. The number of nitrogens with zero attached hydrogens (tertiary/aromatic N) is 5. The molecule has 3 aromatic carbocycles. The molecule has 1 aliphatic heterocycles. The highest BCUT2D eigenvalue weighted by molar-refractivity contribution is 7.22. The van der Waals surface area contributed by atoms with Gasteiger partial charge >= 0.3 is 0 Å². The normalized spacial score (nSPS) is 14.2. The highest BCUT2D eigenvalue weighted by Crippen LogP contribution is 2.36. The number of fused-ring (bicyclic) bond motifs is 2. The molecule has 6 rings (SSSR count). The number of thiazole rings is 1. The summed E-state index contributed by atoms with van der Waals surface area (Å²) in [5, 5.41) is 7.70. The summed E-state index contributed by atoms with van der Waals surface area (Å²) in [5.74, 6) is 1.78. The highest BCUT2D eigenvalue weighted by atomic mass is 32.1. The van der Waals surface area contributed by atoms with Gasteiger partial charge in [0.15, 0.2) is 16.6 Å². The van der Waals surface area contributed by atoms with E-state index in [0.29, 0.717) is 34.6 Å². The van der Waals surface area contributed by atoms with Crippen molar-refractivity contribution in [2.75, 3.05) is 64.1 Å². The number of aromatic nitrogens is 3. The number of likely N-dealkylation sites (N-methyl/N-ethyl adjacent to an activating group) is 1. The summed E-state index contributed by atoms with van der Waals surface area (Å²) < 4.78 is 12.7. The van der Waals surface area contributed by atoms with Gasteiger partial charge in [0.2, 0.25) is 0 Å². The summed E-state index contributed by atoms with van der Waals surface area (Å²) in [4.78, 5) is 31.0. The van der Waals surface area contributed by atoms with Crippen LogP contribution in [0.25, 0.3) is 21.1 Å². The SMILES string of the molecule is COc1cc2ncnc(Nc3ccc4nc(NC(=O)c5ccccc5)sc4c3)c2cc1OCCCN1CCN(C)CC1. The molecule has 11 heteroatoms. The zero-order chi connectivity index (χ0) is 28.9. The zero-order valence-corrected chi connectivity index (χ0v) is 24.5. The first-order valence-corrected chi connectivity index (χ1v) is 14.8. The van der Waals surface area contributed by atoms with Crippen LogP contribution in [0.5, 0.6) is 11.5 Å². The van der Waals surface area contributed by atoms with E-state index in [9.17, 15) is 4.79 Å². The first-order chi connectivity index (χ1) is 20.6. The third-order valence-corrected chi connectivity index (χ3v) is 8.23. The molecule has 0 atom stereocenters. The molecule has 0 saturated carbocycles. The number of hydrogen-bond donors (Lipinski definition) is 2. The van der Waals surface area contributed by atoms with Crippen LogP contribution in [-0.4, -0.2) is 84.1 Å². The maximum absolute atomic E-state index is 12.6. The lowest BCUT2D eigenvalue weighted by molar-refractivity contribution is 0.102. The third-order valence-electron chi connectivity index (χ3n) is 7.30. The lowest BCUT2D eigenvalue weighted by Crippen LogP contribution is -2.44. The van der Waals surface area contributed by atoms with E-state index in [1.165, 1.54) is 17.7 Å². The number of anilines is 3. The molecule has 3 heterocycles. The predicted molar refractivity (Wildman–Crippen MR) is 167 cm³/mol. The molecule has 42 heavy (non-hydrogen) atoms. The molecule has 1 amide bonds. The van der Waals surface area contributed by atoms with E-state index in [0.717, 1.165) is 66.0 Å². The van der Waals surface area contributed by atoms with Crippen molar-refractivity contribution < 1.29 is 14.3 Å². The smallest absolute Gasteiger partial charge is 0.257 e. The quantitative estimate of drug-likeness (QED) is 0.213. The van der Waals surface area contributed by atoms with E-state index in [4.69, 9.17) is 9.47 Å². The Morgan fingerprint density at radius 3 is 2.62 bits per heavy atom. The zero-order valence-electron chi connectivity index (χ0n) is 23.7. The molecule has 2 aromatic heterocycles. The molecule has 0 aliphatic carbocycles. The van der Waals surface area contributed by atoms with Gasteiger partial charge in [0.25, 0.3) is 5.91 Å². The van der Waals surface area contributed by atoms with Crippen molar-refractivity contribution in [1.82, 2.24) is 24.8 Å². The summed E-state index contributed by atoms with van der Waals surface area (Å²) >= 11 is 1.42. The molecule has 10 nitrogen and oxygen atoms in total. The van der Waals surface area contributed by atoms with Crippen LogP contribution in [-0.2, 0) is 0 Å². The number of methoxy groups -OCH3 is 1. The minimum Gasteiger partial charge on any atom is -0.493 e. The molecule has 2 N–H and O–H groups in total. The maximum Gasteiger partial charge on any atom is 0.257 e. The molecule has 216 valence electrons. The monoisotopic (exact) mass is 583 g/mol. The van der Waals surface area contributed by atoms with E-state index < -0.39 is 0 Å². The third kappa shape index (κ3) is 6.43. The Labute approximate surface area is 248 Å². The van der Waals surface area contributed by atoms with Crippen LogP contribution in [0, 0.1) is 0 Å². The van der Waals surface area contributed by atoms with Gasteiger partial charge in [-0.05, 0) is 49.9 Å². The standard InChI is InChI=1S/C31H33N7O3S/c1-37-12-14-38(15-13-37)11-6-16-41-27-18-23-25(19-26(27)40-2)32-20-33-29(23)34-22-9-10-24-28(17-22)42-31(35-24)36-30(39)21-7-4-3-5-8-21/h3-5,7-10,17-20H,6,11-16H2,1-2H3,(H,32,33,34)(H,35,36,39). The summed E-state index contributed by atoms with van der Waals surface area (Å²) in [6, 6.07) is 18.8. The van der Waals surface area contributed by atoms with Crippen LogP contribution < -0.4 is 20.1 Å². The van der Waals surface area contributed by atoms with Crippen molar-refractivity contribution in [1.29, 1.82) is 0 Å². The summed E-state index contributed by atoms with van der Waals surface area (Å²) in [6.45, 7) is 6.01. The van der Waals surface area contributed by atoms with Gasteiger partial charge in [0, 0.05) is 55.4 Å². The second-order valence-electron chi connectivity index (χ2n) is 10.2. The van der Waals surface area contributed by atoms with Gasteiger partial charge in [-0.1, -0.05) is 29.5 Å². The average molecular weight is 584 g/mol. The number of nitrogens with one attached hydrogen (secondary N) is 2. The molecule has 0 spiro atoms. The van der Waals surface area contributed by atoms with E-state index in [1.807, 2.05) is 48.5 Å². The fourth-order valence-corrected chi connectivity index (χ4v) is 5.83. The number of ether oxygens (including phenoxy) is 2. The minimum atomic E-state index is -0.187. The maximum atomic E-state index is 12.6. The van der Waals surface area contributed by atoms with Gasteiger partial charge in [-0.2, -0.15) is 0 Å². The number of hydrogen-bond acceptors (Lipinski definition) is 10. The van der Waals surface area contributed by atoms with Crippen molar-refractivity contribution in [2.45, 2.75) is 6.42 Å². The second-order valence-corrected chi connectivity index (χ2v) is 11.3. The van der Waals surface area contributed by atoms with Crippen molar-refractivity contribution >= 4 is 55.0 Å². The molecule has 0 bridgehead atoms. The first-order valence-electron chi connectivity index (χ1n) is 14.0. The van der Waals surface area contributed by atoms with Gasteiger partial charge < -0.3 is 24.6 Å². The Hall–Kier alpha value is -4.32. The van der Waals surface area contributed by atoms with Gasteiger partial charge in [0.1, 0.15) is 12.1 Å². The Bertz CT molecular complexity index is 1690. The van der Waals surface area contributed by atoms with E-state index in [1.54, 1.807) is 19.2 Å². The number of benzene rings is 3. The molecule has 1 aliphatic rings. The Balaban J connectivity index is 1.16. The summed E-state index contributed by atoms with van der Waals surface area (Å²) in [5.41, 5.74) is 2.99. The molecular weight excluding hydrogens is 550 g/mol. The Kier molecular flexibility index (Phi) is 8.40. The molecule has 1 saturated heterocycles. The van der Waals surface area contributed by atoms with Crippen LogP contribution in [0.4, 0.5) is 16.6 Å². The lowest BCUT2D eigenvalue weighted by atomic mass is 10.2. The van der Waals surface area contributed by atoms with E-state index >= 15 is 0 Å². The van der Waals surface area contributed by atoms with Crippen molar-refractivity contribution in [2.24, 2.45) is 0 Å². The molecular formula is C31H33N7O3S. The van der Waals surface area contributed by atoms with Crippen molar-refractivity contribution in [3.05, 3.63) is 72.6 Å². The second kappa shape index (κ2) is 12.7. The Morgan fingerprint density at radius 1 is 0.976 bits per heavy atom. The fraction of sp³-hybridized carbons (Fsp3) is 0.290. The first kappa shape index (κ1) is 27.8. The molecule has 1 fully saturated rings. The van der Waals surface area contributed by atoms with Crippen LogP contribution in [0.1, 0.15) is 16.8 Å². The topological polar surface area (TPSA) is 105 Å². The summed E-state index contributed by atoms with van der Waals surface area (Å²) in [6.07, 6.45) is 2.47. The largest absolute Gasteiger partial charge is 0.493 e. The Morgan fingerprint density at radius 2 is 1.81 bits per heavy atom. The number of carbonyl (C=O) groups excluding carboxylic acids is 1. The predicted octanol–water partition coefficient (Wildman–Crippen LogP) is 5.26. The van der Waals surface area contributed by atoms with Crippen LogP contribution in [0.2, 0.25) is 0 Å². The van der Waals surface area contributed by atoms with Crippen LogP contribution >= 0.6 is 11.3 Å². The number of amides is 1. The average Bonchev–Trinajstić information content (AvgIpc) is 3.42. The number of rotatable bonds is 10. The molecule has 0 unspecified atom stereocenters. The van der Waals surface area contributed by atoms with Gasteiger partial charge in [-0.3, -0.25) is 10.1 Å². The molecule has 0 radical (unpaired) electrons. The van der Waals surface area contributed by atoms with Gasteiger partial charge in [0.05, 0.1) is 29.5 Å². The van der Waals surface area contributed by atoms with Gasteiger partial charge in [-0.15, -0.1) is 0 Å². The molecule has 5 aromatic rings. The number of carbonyl (C=O) groups is 1. The highest BCUT2D eigenvalue weighted by Gasteiger charge is 2.15. The fourth-order valence-electron chi connectivity index (χ4n) is 4.93. The number of piperazine rings is 1. The van der Waals surface area contributed by atoms with Crippen molar-refractivity contribution in [3.63, 3.8) is 0 Å². The minimum absolute atomic E-state index is 0.187. The van der Waals surface area contributed by atoms with Crippen molar-refractivity contribution in [3.8, 4) is 11.5 Å². The van der Waals surface area contributed by atoms with Gasteiger partial charge in [-0.25, -0.2) is 15.0 Å². The lowest BCUT2D eigenvalue weighted by Gasteiger charge is -2.32. The van der Waals surface area contributed by atoms with Crippen LogP contribution in [0.15, 0.2) is 67.0 Å². The van der Waals surface area contributed by atoms with E-state index in [2.05, 4.69) is 42.4 Å². The van der Waals surface area contributed by atoms with E-state index in [-0.39, 0.29) is 5.91 Å².